The molecule has 1 fully saturated rings. The van der Waals surface area contributed by atoms with Gasteiger partial charge in [0.1, 0.15) is 5.75 Å². The zero-order chi connectivity index (χ0) is 27.7. The minimum absolute atomic E-state index is 0.0980. The first-order chi connectivity index (χ1) is 18.9. The van der Waals surface area contributed by atoms with E-state index < -0.39 is 14.9 Å². The van der Waals surface area contributed by atoms with Crippen molar-refractivity contribution in [3.05, 3.63) is 108 Å². The van der Waals surface area contributed by atoms with E-state index in [-0.39, 0.29) is 4.90 Å². The first-order valence-corrected chi connectivity index (χ1v) is 14.6. The lowest BCUT2D eigenvalue weighted by Gasteiger charge is -2.37. The molecule has 3 aromatic carbocycles. The number of hydrogen-bond donors (Lipinski definition) is 2. The molecule has 7 nitrogen and oxygen atoms in total. The van der Waals surface area contributed by atoms with E-state index in [9.17, 15) is 8.42 Å². The Morgan fingerprint density at radius 2 is 1.64 bits per heavy atom. The van der Waals surface area contributed by atoms with Gasteiger partial charge in [0.15, 0.2) is 5.04 Å². The van der Waals surface area contributed by atoms with E-state index in [0.29, 0.717) is 23.5 Å². The van der Waals surface area contributed by atoms with Crippen molar-refractivity contribution < 1.29 is 13.2 Å². The molecule has 1 saturated heterocycles. The molecule has 0 unspecified atom stereocenters. The number of allylic oxidation sites excluding steroid dienone is 3. The van der Waals surface area contributed by atoms with Crippen molar-refractivity contribution in [1.82, 2.24) is 4.90 Å². The topological polar surface area (TPSA) is 85.7 Å². The summed E-state index contributed by atoms with van der Waals surface area (Å²) in [5.74, 6) is 0.639. The van der Waals surface area contributed by atoms with Crippen molar-refractivity contribution in [3.63, 3.8) is 0 Å². The third-order valence-corrected chi connectivity index (χ3v) is 8.35. The van der Waals surface area contributed by atoms with Crippen LogP contribution in [0, 0.1) is 5.41 Å². The fourth-order valence-corrected chi connectivity index (χ4v) is 5.80. The number of nitrogens with one attached hydrogen (secondary N) is 2. The van der Waals surface area contributed by atoms with Crippen molar-refractivity contribution in [2.75, 3.05) is 50.1 Å². The van der Waals surface area contributed by atoms with Gasteiger partial charge in [-0.15, -0.1) is 0 Å². The Labute approximate surface area is 231 Å². The molecule has 1 aliphatic rings. The largest absolute Gasteiger partial charge is 0.495 e. The molecule has 0 bridgehead atoms. The summed E-state index contributed by atoms with van der Waals surface area (Å²) in [5.41, 5.74) is 2.92. The van der Waals surface area contributed by atoms with E-state index in [1.54, 1.807) is 37.4 Å². The summed E-state index contributed by atoms with van der Waals surface area (Å²) in [6.07, 6.45) is 7.71. The van der Waals surface area contributed by atoms with Crippen LogP contribution in [0.15, 0.2) is 102 Å². The molecule has 4 rings (SSSR count). The summed E-state index contributed by atoms with van der Waals surface area (Å²) in [6, 6.07) is 22.1. The van der Waals surface area contributed by atoms with Crippen LogP contribution in [0.3, 0.4) is 0 Å². The number of nitrogens with zero attached hydrogens (tertiary/aromatic N) is 2. The van der Waals surface area contributed by atoms with Gasteiger partial charge in [-0.25, -0.2) is 8.42 Å². The van der Waals surface area contributed by atoms with E-state index in [4.69, 9.17) is 10.1 Å². The number of piperazine rings is 1. The molecule has 1 heterocycles. The van der Waals surface area contributed by atoms with Gasteiger partial charge in [0.25, 0.3) is 0 Å². The van der Waals surface area contributed by atoms with Gasteiger partial charge >= 0.3 is 0 Å². The summed E-state index contributed by atoms with van der Waals surface area (Å²) >= 11 is 0. The molecule has 0 amide bonds. The molecule has 0 spiro atoms. The van der Waals surface area contributed by atoms with Gasteiger partial charge in [-0.3, -0.25) is 10.3 Å². The van der Waals surface area contributed by atoms with Gasteiger partial charge in [0.05, 0.1) is 17.7 Å². The van der Waals surface area contributed by atoms with Crippen LogP contribution in [0.2, 0.25) is 0 Å². The molecular weight excluding hydrogens is 508 g/mol. The van der Waals surface area contributed by atoms with Crippen LogP contribution in [-0.2, 0) is 16.4 Å². The van der Waals surface area contributed by atoms with Crippen molar-refractivity contribution in [2.45, 2.75) is 18.4 Å². The zero-order valence-electron chi connectivity index (χ0n) is 22.5. The normalized spacial score (nSPS) is 14.7. The Balaban J connectivity index is 1.63. The van der Waals surface area contributed by atoms with E-state index in [1.165, 1.54) is 17.7 Å². The fraction of sp³-hybridized carbons (Fsp3) is 0.258. The standard InChI is InChI=1S/C31H36N4O3S/c1-3-4-5-12-17-33-28-23-30(38-2)29(22-27(28)31(32)39(36,37)26-15-10-7-11-16-26)35-20-18-34(19-21-35)24-25-13-8-6-9-14-25/h3-16,22-23,32-33H,17-21,24H2,1-2H3/b4-3-,12-5-,32-31?. The third-order valence-electron chi connectivity index (χ3n) is 6.70. The van der Waals surface area contributed by atoms with Crippen molar-refractivity contribution >= 4 is 26.3 Å². The molecule has 8 heteroatoms. The average Bonchev–Trinajstić information content (AvgIpc) is 2.97. The lowest BCUT2D eigenvalue weighted by molar-refractivity contribution is 0.249. The summed E-state index contributed by atoms with van der Waals surface area (Å²) in [6.45, 7) is 6.56. The van der Waals surface area contributed by atoms with Crippen LogP contribution >= 0.6 is 0 Å². The number of ether oxygens (including phenoxy) is 1. The van der Waals surface area contributed by atoms with Gasteiger partial charge in [-0.1, -0.05) is 72.8 Å². The Bertz CT molecular complexity index is 1410. The summed E-state index contributed by atoms with van der Waals surface area (Å²) in [4.78, 5) is 4.72. The third kappa shape index (κ3) is 6.96. The SMILES string of the molecule is C/C=C\C=C/CNc1cc(OC)c(N2CCN(Cc3ccccc3)CC2)cc1C(=N)S(=O)(=O)c1ccccc1. The van der Waals surface area contributed by atoms with E-state index in [2.05, 4.69) is 39.4 Å². The number of methoxy groups -OCH3 is 1. The lowest BCUT2D eigenvalue weighted by Crippen LogP contribution is -2.46. The molecule has 0 atom stereocenters. The van der Waals surface area contributed by atoms with Crippen molar-refractivity contribution in [1.29, 1.82) is 5.41 Å². The molecule has 1 aliphatic heterocycles. The molecule has 0 aliphatic carbocycles. The van der Waals surface area contributed by atoms with E-state index in [0.717, 1.165) is 38.4 Å². The molecule has 3 aromatic rings. The van der Waals surface area contributed by atoms with Crippen LogP contribution < -0.4 is 15.0 Å². The van der Waals surface area contributed by atoms with Crippen LogP contribution in [0.5, 0.6) is 5.75 Å². The molecule has 2 N–H and O–H groups in total. The molecule has 0 saturated carbocycles. The van der Waals surface area contributed by atoms with Gasteiger partial charge < -0.3 is 15.0 Å². The highest BCUT2D eigenvalue weighted by Gasteiger charge is 2.28. The van der Waals surface area contributed by atoms with Crippen LogP contribution in [-0.4, -0.2) is 58.2 Å². The minimum atomic E-state index is -4.02. The van der Waals surface area contributed by atoms with Gasteiger partial charge in [0, 0.05) is 56.6 Å². The number of rotatable bonds is 10. The smallest absolute Gasteiger partial charge is 0.223 e. The molecule has 39 heavy (non-hydrogen) atoms. The molecule has 0 aromatic heterocycles. The van der Waals surface area contributed by atoms with Crippen molar-refractivity contribution in [2.24, 2.45) is 0 Å². The van der Waals surface area contributed by atoms with Gasteiger partial charge in [0.2, 0.25) is 9.84 Å². The molecule has 204 valence electrons. The second-order valence-electron chi connectivity index (χ2n) is 9.30. The Morgan fingerprint density at radius 1 is 0.974 bits per heavy atom. The monoisotopic (exact) mass is 544 g/mol. The van der Waals surface area contributed by atoms with Gasteiger partial charge in [-0.2, -0.15) is 0 Å². The Kier molecular flexibility index (Phi) is 9.57. The van der Waals surface area contributed by atoms with Crippen molar-refractivity contribution in [3.8, 4) is 5.75 Å². The van der Waals surface area contributed by atoms with Crippen LogP contribution in [0.4, 0.5) is 11.4 Å². The zero-order valence-corrected chi connectivity index (χ0v) is 23.3. The van der Waals surface area contributed by atoms with E-state index >= 15 is 0 Å². The summed E-state index contributed by atoms with van der Waals surface area (Å²) < 4.78 is 32.6. The highest BCUT2D eigenvalue weighted by atomic mass is 32.2. The second-order valence-corrected chi connectivity index (χ2v) is 11.2. The highest BCUT2D eigenvalue weighted by molar-refractivity contribution is 8.06. The highest BCUT2D eigenvalue weighted by Crippen LogP contribution is 2.36. The maximum Gasteiger partial charge on any atom is 0.223 e. The Hall–Kier alpha value is -3.88. The predicted molar refractivity (Wildman–Crippen MR) is 160 cm³/mol. The lowest BCUT2D eigenvalue weighted by atomic mass is 10.1. The minimum Gasteiger partial charge on any atom is -0.495 e. The maximum atomic E-state index is 13.4. The molecular formula is C31H36N4O3S. The summed E-state index contributed by atoms with van der Waals surface area (Å²) in [5, 5.41) is 11.7. The number of anilines is 2. The second kappa shape index (κ2) is 13.3. The number of benzene rings is 3. The van der Waals surface area contributed by atoms with E-state index in [1.807, 2.05) is 37.3 Å². The predicted octanol–water partition coefficient (Wildman–Crippen LogP) is 5.36. The number of hydrogen-bond acceptors (Lipinski definition) is 7. The number of sulfone groups is 1. The Morgan fingerprint density at radius 3 is 2.28 bits per heavy atom. The van der Waals surface area contributed by atoms with Crippen LogP contribution in [0.25, 0.3) is 0 Å². The quantitative estimate of drug-likeness (QED) is 0.203. The fourth-order valence-electron chi connectivity index (χ4n) is 4.59. The first kappa shape index (κ1) is 28.1. The van der Waals surface area contributed by atoms with Gasteiger partial charge in [-0.05, 0) is 30.7 Å². The maximum absolute atomic E-state index is 13.4. The average molecular weight is 545 g/mol. The first-order valence-electron chi connectivity index (χ1n) is 13.1. The molecule has 0 radical (unpaired) electrons. The summed E-state index contributed by atoms with van der Waals surface area (Å²) in [7, 11) is -2.40. The van der Waals surface area contributed by atoms with Crippen LogP contribution in [0.1, 0.15) is 18.1 Å².